The number of anilines is 1. The SMILES string of the molecule is CCCOc1cc(C)nc(NC2(CCl)CCC(C)CC2)n1. The van der Waals surface area contributed by atoms with Gasteiger partial charge >= 0.3 is 0 Å². The van der Waals surface area contributed by atoms with Gasteiger partial charge in [0.2, 0.25) is 11.8 Å². The van der Waals surface area contributed by atoms with E-state index in [1.54, 1.807) is 0 Å². The summed E-state index contributed by atoms with van der Waals surface area (Å²) in [7, 11) is 0. The molecule has 0 atom stereocenters. The van der Waals surface area contributed by atoms with Gasteiger partial charge in [0.25, 0.3) is 0 Å². The molecule has 0 bridgehead atoms. The number of alkyl halides is 1. The van der Waals surface area contributed by atoms with Crippen LogP contribution in [0.4, 0.5) is 5.95 Å². The lowest BCUT2D eigenvalue weighted by Gasteiger charge is -2.38. The van der Waals surface area contributed by atoms with E-state index < -0.39 is 0 Å². The third-order valence-electron chi connectivity index (χ3n) is 4.15. The van der Waals surface area contributed by atoms with Crippen LogP contribution in [0.25, 0.3) is 0 Å². The van der Waals surface area contributed by atoms with Gasteiger partial charge in [-0.15, -0.1) is 11.6 Å². The van der Waals surface area contributed by atoms with Crippen LogP contribution in [0.5, 0.6) is 5.88 Å². The van der Waals surface area contributed by atoms with E-state index in [2.05, 4.69) is 29.1 Å². The summed E-state index contributed by atoms with van der Waals surface area (Å²) in [6, 6.07) is 1.87. The Balaban J connectivity index is 2.11. The average Bonchev–Trinajstić information content (AvgIpc) is 2.47. The van der Waals surface area contributed by atoms with Gasteiger partial charge in [-0.3, -0.25) is 0 Å². The first-order chi connectivity index (χ1) is 10.1. The van der Waals surface area contributed by atoms with E-state index in [1.807, 2.05) is 13.0 Å². The van der Waals surface area contributed by atoms with E-state index in [-0.39, 0.29) is 5.54 Å². The predicted molar refractivity (Wildman–Crippen MR) is 87.3 cm³/mol. The van der Waals surface area contributed by atoms with E-state index >= 15 is 0 Å². The predicted octanol–water partition coefficient (Wildman–Crippen LogP) is 4.17. The fourth-order valence-electron chi connectivity index (χ4n) is 2.72. The van der Waals surface area contributed by atoms with Crippen LogP contribution in [-0.4, -0.2) is 28.0 Å². The van der Waals surface area contributed by atoms with Crippen LogP contribution in [0.1, 0.15) is 51.6 Å². The van der Waals surface area contributed by atoms with Gasteiger partial charge in [0.15, 0.2) is 0 Å². The minimum atomic E-state index is -0.0795. The number of hydrogen-bond donors (Lipinski definition) is 1. The molecule has 0 spiro atoms. The van der Waals surface area contributed by atoms with Crippen LogP contribution in [0.15, 0.2) is 6.07 Å². The molecule has 1 saturated carbocycles. The van der Waals surface area contributed by atoms with Crippen molar-refractivity contribution in [3.63, 3.8) is 0 Å². The number of aromatic nitrogens is 2. The van der Waals surface area contributed by atoms with Gasteiger partial charge in [-0.25, -0.2) is 4.98 Å². The third-order valence-corrected chi connectivity index (χ3v) is 4.66. The van der Waals surface area contributed by atoms with E-state index in [9.17, 15) is 0 Å². The average molecular weight is 312 g/mol. The fraction of sp³-hybridized carbons (Fsp3) is 0.750. The molecule has 1 heterocycles. The van der Waals surface area contributed by atoms with E-state index in [4.69, 9.17) is 16.3 Å². The second-order valence-corrected chi connectivity index (χ2v) is 6.51. The monoisotopic (exact) mass is 311 g/mol. The summed E-state index contributed by atoms with van der Waals surface area (Å²) < 4.78 is 5.63. The van der Waals surface area contributed by atoms with Gasteiger partial charge in [0, 0.05) is 17.6 Å². The number of halogens is 1. The Morgan fingerprint density at radius 3 is 2.71 bits per heavy atom. The molecule has 5 heteroatoms. The summed E-state index contributed by atoms with van der Waals surface area (Å²) in [5.74, 6) is 2.64. The largest absolute Gasteiger partial charge is 0.478 e. The van der Waals surface area contributed by atoms with Crippen LogP contribution in [0, 0.1) is 12.8 Å². The minimum absolute atomic E-state index is 0.0795. The van der Waals surface area contributed by atoms with Crippen LogP contribution in [0.3, 0.4) is 0 Å². The van der Waals surface area contributed by atoms with Crippen LogP contribution < -0.4 is 10.1 Å². The quantitative estimate of drug-likeness (QED) is 0.801. The normalized spacial score (nSPS) is 25.6. The Hall–Kier alpha value is -1.03. The fourth-order valence-corrected chi connectivity index (χ4v) is 3.05. The molecule has 1 N–H and O–H groups in total. The van der Waals surface area contributed by atoms with Crippen molar-refractivity contribution in [3.8, 4) is 5.88 Å². The maximum absolute atomic E-state index is 6.25. The lowest BCUT2D eigenvalue weighted by atomic mass is 9.78. The second kappa shape index (κ2) is 7.30. The first-order valence-corrected chi connectivity index (χ1v) is 8.43. The number of aryl methyl sites for hydroxylation is 1. The number of nitrogens with zero attached hydrogens (tertiary/aromatic N) is 2. The van der Waals surface area contributed by atoms with Crippen molar-refractivity contribution in [2.24, 2.45) is 5.92 Å². The molecule has 0 saturated heterocycles. The number of nitrogens with one attached hydrogen (secondary N) is 1. The molecule has 1 aliphatic rings. The molecule has 4 nitrogen and oxygen atoms in total. The zero-order valence-corrected chi connectivity index (χ0v) is 14.0. The molecule has 1 fully saturated rings. The van der Waals surface area contributed by atoms with Crippen molar-refractivity contribution < 1.29 is 4.74 Å². The maximum Gasteiger partial charge on any atom is 0.226 e. The molecule has 0 amide bonds. The second-order valence-electron chi connectivity index (χ2n) is 6.24. The van der Waals surface area contributed by atoms with Gasteiger partial charge in [-0.05, 0) is 44.9 Å². The number of rotatable bonds is 6. The highest BCUT2D eigenvalue weighted by Gasteiger charge is 2.34. The lowest BCUT2D eigenvalue weighted by Crippen LogP contribution is -2.44. The summed E-state index contributed by atoms with van der Waals surface area (Å²) in [6.07, 6.45) is 5.50. The van der Waals surface area contributed by atoms with Crippen molar-refractivity contribution >= 4 is 17.5 Å². The van der Waals surface area contributed by atoms with Crippen molar-refractivity contribution in [3.05, 3.63) is 11.8 Å². The standard InChI is InChI=1S/C16H26ClN3O/c1-4-9-21-14-10-13(3)18-15(19-14)20-16(11-17)7-5-12(2)6-8-16/h10,12H,4-9,11H2,1-3H3,(H,18,19,20). The molecule has 118 valence electrons. The topological polar surface area (TPSA) is 47.0 Å². The Bertz CT molecular complexity index is 459. The molecule has 0 unspecified atom stereocenters. The molecule has 0 radical (unpaired) electrons. The number of ether oxygens (including phenoxy) is 1. The highest BCUT2D eigenvalue weighted by atomic mass is 35.5. The summed E-state index contributed by atoms with van der Waals surface area (Å²) in [5.41, 5.74) is 0.830. The first kappa shape index (κ1) is 16.3. The minimum Gasteiger partial charge on any atom is -0.478 e. The molecule has 0 aromatic carbocycles. The Kier molecular flexibility index (Phi) is 5.68. The van der Waals surface area contributed by atoms with Crippen molar-refractivity contribution in [2.45, 2.75) is 58.4 Å². The summed E-state index contributed by atoms with van der Waals surface area (Å²) in [5, 5.41) is 3.49. The van der Waals surface area contributed by atoms with Gasteiger partial charge in [-0.2, -0.15) is 4.98 Å². The molecule has 1 aromatic rings. The van der Waals surface area contributed by atoms with E-state index in [0.29, 0.717) is 24.3 Å². The highest BCUT2D eigenvalue weighted by Crippen LogP contribution is 2.35. The Morgan fingerprint density at radius 1 is 1.38 bits per heavy atom. The van der Waals surface area contributed by atoms with E-state index in [0.717, 1.165) is 30.9 Å². The summed E-state index contributed by atoms with van der Waals surface area (Å²) in [4.78, 5) is 8.96. The lowest BCUT2D eigenvalue weighted by molar-refractivity contribution is 0.284. The molecule has 0 aliphatic heterocycles. The zero-order chi connectivity index (χ0) is 15.3. The van der Waals surface area contributed by atoms with Gasteiger partial charge in [0.1, 0.15) is 0 Å². The van der Waals surface area contributed by atoms with Crippen LogP contribution >= 0.6 is 11.6 Å². The summed E-state index contributed by atoms with van der Waals surface area (Å²) in [6.45, 7) is 7.02. The van der Waals surface area contributed by atoms with Gasteiger partial charge in [-0.1, -0.05) is 13.8 Å². The number of hydrogen-bond acceptors (Lipinski definition) is 4. The van der Waals surface area contributed by atoms with Gasteiger partial charge < -0.3 is 10.1 Å². The highest BCUT2D eigenvalue weighted by molar-refractivity contribution is 6.18. The Labute approximate surface area is 132 Å². The molecular formula is C16H26ClN3O. The smallest absolute Gasteiger partial charge is 0.226 e. The first-order valence-electron chi connectivity index (χ1n) is 7.89. The maximum atomic E-state index is 6.25. The summed E-state index contributed by atoms with van der Waals surface area (Å²) >= 11 is 6.25. The molecule has 1 aliphatic carbocycles. The van der Waals surface area contributed by atoms with Crippen molar-refractivity contribution in [1.82, 2.24) is 9.97 Å². The molecule has 21 heavy (non-hydrogen) atoms. The van der Waals surface area contributed by atoms with Crippen LogP contribution in [0.2, 0.25) is 0 Å². The third kappa shape index (κ3) is 4.47. The molecular weight excluding hydrogens is 286 g/mol. The van der Waals surface area contributed by atoms with Crippen LogP contribution in [-0.2, 0) is 0 Å². The van der Waals surface area contributed by atoms with Gasteiger partial charge in [0.05, 0.1) is 12.1 Å². The Morgan fingerprint density at radius 2 is 2.10 bits per heavy atom. The zero-order valence-electron chi connectivity index (χ0n) is 13.3. The van der Waals surface area contributed by atoms with Crippen molar-refractivity contribution in [2.75, 3.05) is 17.8 Å². The molecule has 1 aromatic heterocycles. The molecule has 2 rings (SSSR count). The van der Waals surface area contributed by atoms with E-state index in [1.165, 1.54) is 12.8 Å². The van der Waals surface area contributed by atoms with Crippen molar-refractivity contribution in [1.29, 1.82) is 0 Å².